The van der Waals surface area contributed by atoms with Crippen LogP contribution < -0.4 is 20.5 Å². The third kappa shape index (κ3) is 6.42. The third-order valence-electron chi connectivity index (χ3n) is 3.81. The van der Waals surface area contributed by atoms with Crippen LogP contribution in [0.2, 0.25) is 0 Å². The van der Waals surface area contributed by atoms with Crippen LogP contribution in [0.15, 0.2) is 23.2 Å². The predicted molar refractivity (Wildman–Crippen MR) is 102 cm³/mol. The van der Waals surface area contributed by atoms with E-state index in [1.807, 2.05) is 18.2 Å². The number of aliphatic hydroxyl groups is 1. The van der Waals surface area contributed by atoms with E-state index in [0.29, 0.717) is 24.0 Å². The summed E-state index contributed by atoms with van der Waals surface area (Å²) in [7, 11) is 1.59. The molecule has 0 aromatic heterocycles. The summed E-state index contributed by atoms with van der Waals surface area (Å²) in [5.74, 6) is 2.46. The number of aliphatic hydroxyl groups excluding tert-OH is 1. The van der Waals surface area contributed by atoms with Gasteiger partial charge in [-0.15, -0.1) is 24.0 Å². The van der Waals surface area contributed by atoms with Gasteiger partial charge in [0, 0.05) is 6.54 Å². The van der Waals surface area contributed by atoms with Gasteiger partial charge in [0.15, 0.2) is 17.5 Å². The molecule has 130 valence electrons. The van der Waals surface area contributed by atoms with Crippen LogP contribution in [0.1, 0.15) is 24.8 Å². The molecule has 0 bridgehead atoms. The van der Waals surface area contributed by atoms with E-state index in [4.69, 9.17) is 20.3 Å². The van der Waals surface area contributed by atoms with Crippen molar-refractivity contribution in [2.75, 3.05) is 26.9 Å². The maximum Gasteiger partial charge on any atom is 0.188 e. The molecule has 0 atom stereocenters. The zero-order chi connectivity index (χ0) is 15.8. The van der Waals surface area contributed by atoms with Gasteiger partial charge < -0.3 is 25.6 Å². The number of nitrogens with one attached hydrogen (secondary N) is 1. The first-order valence-electron chi connectivity index (χ1n) is 7.67. The highest BCUT2D eigenvalue weighted by Gasteiger charge is 2.16. The van der Waals surface area contributed by atoms with E-state index in [-0.39, 0.29) is 37.2 Å². The SMILES string of the molecule is COc1cc(CN=C(N)NCC2CCC2)ccc1OCCO.I. The molecule has 0 heterocycles. The molecular weight excluding hydrogens is 409 g/mol. The number of nitrogens with zero attached hydrogens (tertiary/aromatic N) is 1. The zero-order valence-electron chi connectivity index (χ0n) is 13.5. The fourth-order valence-corrected chi connectivity index (χ4v) is 2.26. The lowest BCUT2D eigenvalue weighted by Crippen LogP contribution is -2.37. The molecule has 1 fully saturated rings. The zero-order valence-corrected chi connectivity index (χ0v) is 15.8. The van der Waals surface area contributed by atoms with Gasteiger partial charge in [-0.3, -0.25) is 0 Å². The molecule has 7 heteroatoms. The Balaban J connectivity index is 0.00000264. The van der Waals surface area contributed by atoms with Crippen molar-refractivity contribution in [1.82, 2.24) is 5.32 Å². The van der Waals surface area contributed by atoms with Crippen LogP contribution in [0, 0.1) is 5.92 Å². The minimum Gasteiger partial charge on any atom is -0.493 e. The summed E-state index contributed by atoms with van der Waals surface area (Å²) in [6, 6.07) is 5.60. The molecule has 0 saturated heterocycles. The molecule has 0 amide bonds. The second-order valence-electron chi connectivity index (χ2n) is 5.44. The smallest absolute Gasteiger partial charge is 0.188 e. The van der Waals surface area contributed by atoms with Crippen molar-refractivity contribution in [3.8, 4) is 11.5 Å². The van der Waals surface area contributed by atoms with Gasteiger partial charge in [0.05, 0.1) is 20.3 Å². The van der Waals surface area contributed by atoms with Crippen LogP contribution in [0.4, 0.5) is 0 Å². The molecule has 6 nitrogen and oxygen atoms in total. The van der Waals surface area contributed by atoms with Gasteiger partial charge in [-0.2, -0.15) is 0 Å². The molecule has 23 heavy (non-hydrogen) atoms. The summed E-state index contributed by atoms with van der Waals surface area (Å²) in [4.78, 5) is 4.34. The predicted octanol–water partition coefficient (Wildman–Crippen LogP) is 1.89. The van der Waals surface area contributed by atoms with Crippen molar-refractivity contribution in [3.05, 3.63) is 23.8 Å². The number of halogens is 1. The second kappa shape index (κ2) is 10.5. The van der Waals surface area contributed by atoms with Crippen LogP contribution in [0.3, 0.4) is 0 Å². The summed E-state index contributed by atoms with van der Waals surface area (Å²) < 4.78 is 10.7. The normalized spacial score (nSPS) is 14.6. The average molecular weight is 435 g/mol. The quantitative estimate of drug-likeness (QED) is 0.330. The van der Waals surface area contributed by atoms with E-state index < -0.39 is 0 Å². The summed E-state index contributed by atoms with van der Waals surface area (Å²) in [5, 5.41) is 12.0. The molecule has 1 aromatic rings. The van der Waals surface area contributed by atoms with Crippen molar-refractivity contribution in [1.29, 1.82) is 0 Å². The van der Waals surface area contributed by atoms with Gasteiger partial charge in [-0.1, -0.05) is 12.5 Å². The van der Waals surface area contributed by atoms with E-state index in [0.717, 1.165) is 18.0 Å². The molecule has 0 aliphatic heterocycles. The van der Waals surface area contributed by atoms with Crippen molar-refractivity contribution >= 4 is 29.9 Å². The first kappa shape index (κ1) is 19.8. The Bertz CT molecular complexity index is 507. The lowest BCUT2D eigenvalue weighted by molar-refractivity contribution is 0.196. The number of nitrogens with two attached hydrogens (primary N) is 1. The number of guanidine groups is 1. The largest absolute Gasteiger partial charge is 0.493 e. The Morgan fingerprint density at radius 3 is 2.78 bits per heavy atom. The van der Waals surface area contributed by atoms with Crippen LogP contribution in [-0.2, 0) is 6.54 Å². The minimum atomic E-state index is -0.0294. The van der Waals surface area contributed by atoms with E-state index >= 15 is 0 Å². The van der Waals surface area contributed by atoms with Gasteiger partial charge >= 0.3 is 0 Å². The summed E-state index contributed by atoms with van der Waals surface area (Å²) in [6.07, 6.45) is 3.90. The van der Waals surface area contributed by atoms with Gasteiger partial charge in [-0.05, 0) is 36.5 Å². The first-order valence-corrected chi connectivity index (χ1v) is 7.67. The van der Waals surface area contributed by atoms with Gasteiger partial charge in [0.2, 0.25) is 0 Å². The summed E-state index contributed by atoms with van der Waals surface area (Å²) in [6.45, 7) is 1.61. The molecule has 1 saturated carbocycles. The fraction of sp³-hybridized carbons (Fsp3) is 0.562. The number of benzene rings is 1. The van der Waals surface area contributed by atoms with Crippen molar-refractivity contribution in [3.63, 3.8) is 0 Å². The number of hydrogen-bond acceptors (Lipinski definition) is 4. The summed E-state index contributed by atoms with van der Waals surface area (Å²) >= 11 is 0. The highest BCUT2D eigenvalue weighted by molar-refractivity contribution is 14.0. The molecule has 0 radical (unpaired) electrons. The molecule has 0 spiro atoms. The number of aliphatic imine (C=N–C) groups is 1. The van der Waals surface area contributed by atoms with Gasteiger partial charge in [0.25, 0.3) is 0 Å². The lowest BCUT2D eigenvalue weighted by Gasteiger charge is -2.25. The fourth-order valence-electron chi connectivity index (χ4n) is 2.26. The monoisotopic (exact) mass is 435 g/mol. The Morgan fingerprint density at radius 2 is 2.17 bits per heavy atom. The number of methoxy groups -OCH3 is 1. The van der Waals surface area contributed by atoms with E-state index in [9.17, 15) is 0 Å². The highest BCUT2D eigenvalue weighted by atomic mass is 127. The molecule has 2 rings (SSSR count). The van der Waals surface area contributed by atoms with Crippen LogP contribution >= 0.6 is 24.0 Å². The van der Waals surface area contributed by atoms with Crippen LogP contribution in [0.25, 0.3) is 0 Å². The summed E-state index contributed by atoms with van der Waals surface area (Å²) in [5.41, 5.74) is 6.86. The minimum absolute atomic E-state index is 0. The van der Waals surface area contributed by atoms with Crippen LogP contribution in [0.5, 0.6) is 11.5 Å². The molecule has 0 unspecified atom stereocenters. The number of ether oxygens (including phenoxy) is 2. The molecule has 1 aromatic carbocycles. The third-order valence-corrected chi connectivity index (χ3v) is 3.81. The van der Waals surface area contributed by atoms with E-state index in [1.54, 1.807) is 7.11 Å². The Morgan fingerprint density at radius 1 is 1.39 bits per heavy atom. The Hall–Kier alpha value is -1.22. The van der Waals surface area contributed by atoms with Gasteiger partial charge in [-0.25, -0.2) is 4.99 Å². The highest BCUT2D eigenvalue weighted by Crippen LogP contribution is 2.28. The second-order valence-corrected chi connectivity index (χ2v) is 5.44. The van der Waals surface area contributed by atoms with Crippen LogP contribution in [-0.4, -0.2) is 37.9 Å². The topological polar surface area (TPSA) is 89.1 Å². The Labute approximate surface area is 154 Å². The molecular formula is C16H26IN3O3. The number of hydrogen-bond donors (Lipinski definition) is 3. The van der Waals surface area contributed by atoms with E-state index in [2.05, 4.69) is 10.3 Å². The van der Waals surface area contributed by atoms with Crippen molar-refractivity contribution in [2.24, 2.45) is 16.6 Å². The molecule has 1 aliphatic carbocycles. The average Bonchev–Trinajstić information content (AvgIpc) is 2.49. The van der Waals surface area contributed by atoms with Gasteiger partial charge in [0.1, 0.15) is 6.61 Å². The standard InChI is InChI=1S/C16H25N3O3.HI/c1-21-15-9-13(5-6-14(15)22-8-7-20)11-19-16(17)18-10-12-3-2-4-12;/h5-6,9,12,20H,2-4,7-8,10-11H2,1H3,(H3,17,18,19);1H. The molecule has 1 aliphatic rings. The van der Waals surface area contributed by atoms with Crippen molar-refractivity contribution in [2.45, 2.75) is 25.8 Å². The maximum atomic E-state index is 8.80. The first-order chi connectivity index (χ1) is 10.7. The van der Waals surface area contributed by atoms with E-state index in [1.165, 1.54) is 19.3 Å². The number of rotatable bonds is 8. The van der Waals surface area contributed by atoms with Crippen molar-refractivity contribution < 1.29 is 14.6 Å². The maximum absolute atomic E-state index is 8.80. The lowest BCUT2D eigenvalue weighted by atomic mass is 9.85. The molecule has 4 N–H and O–H groups in total. The Kier molecular flexibility index (Phi) is 9.08.